The van der Waals surface area contributed by atoms with Gasteiger partial charge in [0.25, 0.3) is 0 Å². The second-order valence-electron chi connectivity index (χ2n) is 5.72. The molecular weight excluding hydrogens is 248 g/mol. The van der Waals surface area contributed by atoms with Crippen molar-refractivity contribution in [1.29, 1.82) is 0 Å². The summed E-state index contributed by atoms with van der Waals surface area (Å²) >= 11 is 0. The van der Waals surface area contributed by atoms with Crippen molar-refractivity contribution in [3.05, 3.63) is 41.7 Å². The van der Waals surface area contributed by atoms with Gasteiger partial charge in [-0.25, -0.2) is 9.97 Å². The fraction of sp³-hybridized carbons (Fsp3) is 0.375. The molecule has 1 aliphatic heterocycles. The Morgan fingerprint density at radius 2 is 2.00 bits per heavy atom. The molecule has 0 radical (unpaired) electrons. The van der Waals surface area contributed by atoms with Crippen LogP contribution in [0.15, 0.2) is 30.3 Å². The summed E-state index contributed by atoms with van der Waals surface area (Å²) in [6, 6.07) is 10.7. The van der Waals surface area contributed by atoms with E-state index in [1.165, 1.54) is 11.3 Å². The summed E-state index contributed by atoms with van der Waals surface area (Å²) in [5.74, 6) is 2.51. The lowest BCUT2D eigenvalue weighted by molar-refractivity contribution is 0.729. The van der Waals surface area contributed by atoms with Gasteiger partial charge in [-0.15, -0.1) is 0 Å². The molecule has 0 fully saturated rings. The quantitative estimate of drug-likeness (QED) is 0.908. The molecule has 20 heavy (non-hydrogen) atoms. The molecule has 1 unspecified atom stereocenters. The molecule has 4 nitrogen and oxygen atoms in total. The maximum absolute atomic E-state index is 5.95. The van der Waals surface area contributed by atoms with Gasteiger partial charge in [-0.2, -0.15) is 0 Å². The van der Waals surface area contributed by atoms with Crippen LogP contribution in [0, 0.1) is 0 Å². The van der Waals surface area contributed by atoms with Crippen molar-refractivity contribution in [2.45, 2.75) is 39.2 Å². The molecule has 2 aromatic rings. The number of hydrogen-bond acceptors (Lipinski definition) is 4. The molecule has 3 rings (SSSR count). The van der Waals surface area contributed by atoms with E-state index in [0.29, 0.717) is 11.9 Å². The van der Waals surface area contributed by atoms with Gasteiger partial charge in [-0.05, 0) is 25.0 Å². The van der Waals surface area contributed by atoms with Gasteiger partial charge in [0.2, 0.25) is 0 Å². The van der Waals surface area contributed by atoms with E-state index in [2.05, 4.69) is 54.9 Å². The van der Waals surface area contributed by atoms with E-state index in [1.54, 1.807) is 0 Å². The Kier molecular flexibility index (Phi) is 3.08. The molecule has 0 amide bonds. The monoisotopic (exact) mass is 268 g/mol. The second-order valence-corrected chi connectivity index (χ2v) is 5.72. The number of fused-ring (bicyclic) bond motifs is 1. The van der Waals surface area contributed by atoms with Crippen LogP contribution in [-0.2, 0) is 6.42 Å². The van der Waals surface area contributed by atoms with E-state index in [-0.39, 0.29) is 5.92 Å². The smallest absolute Gasteiger partial charge is 0.139 e. The number of benzene rings is 1. The highest BCUT2D eigenvalue weighted by Gasteiger charge is 2.28. The number of aromatic nitrogens is 2. The molecule has 0 spiro atoms. The number of anilines is 3. The molecule has 0 saturated heterocycles. The third-order valence-corrected chi connectivity index (χ3v) is 3.72. The largest absolute Gasteiger partial charge is 0.384 e. The number of rotatable bonds is 2. The highest BCUT2D eigenvalue weighted by molar-refractivity contribution is 5.69. The van der Waals surface area contributed by atoms with Crippen molar-refractivity contribution < 1.29 is 0 Å². The first kappa shape index (κ1) is 12.9. The number of para-hydroxylation sites is 1. The maximum atomic E-state index is 5.95. The lowest BCUT2D eigenvalue weighted by Gasteiger charge is -2.24. The zero-order valence-electron chi connectivity index (χ0n) is 12.2. The Morgan fingerprint density at radius 3 is 2.75 bits per heavy atom. The van der Waals surface area contributed by atoms with Crippen molar-refractivity contribution in [1.82, 2.24) is 9.97 Å². The molecule has 1 atom stereocenters. The molecule has 0 aliphatic carbocycles. The van der Waals surface area contributed by atoms with Crippen LogP contribution in [-0.4, -0.2) is 16.0 Å². The van der Waals surface area contributed by atoms with Gasteiger partial charge in [0, 0.05) is 23.7 Å². The second kappa shape index (κ2) is 4.78. The Hall–Kier alpha value is -2.10. The van der Waals surface area contributed by atoms with Crippen molar-refractivity contribution in [2.24, 2.45) is 0 Å². The number of nitrogen functional groups attached to an aromatic ring is 1. The zero-order valence-corrected chi connectivity index (χ0v) is 12.2. The van der Waals surface area contributed by atoms with Crippen LogP contribution in [0.5, 0.6) is 0 Å². The summed E-state index contributed by atoms with van der Waals surface area (Å²) in [6.07, 6.45) is 1.04. The van der Waals surface area contributed by atoms with E-state index >= 15 is 0 Å². The molecule has 1 aromatic carbocycles. The van der Waals surface area contributed by atoms with E-state index in [1.807, 2.05) is 6.07 Å². The third-order valence-electron chi connectivity index (χ3n) is 3.72. The summed E-state index contributed by atoms with van der Waals surface area (Å²) < 4.78 is 0. The highest BCUT2D eigenvalue weighted by Crippen LogP contribution is 2.37. The van der Waals surface area contributed by atoms with Gasteiger partial charge in [0.1, 0.15) is 17.5 Å². The van der Waals surface area contributed by atoms with Crippen LogP contribution in [0.1, 0.15) is 38.1 Å². The first-order chi connectivity index (χ1) is 9.56. The minimum absolute atomic E-state index is 0.269. The first-order valence-electron chi connectivity index (χ1n) is 7.08. The molecule has 1 aliphatic rings. The van der Waals surface area contributed by atoms with E-state index in [4.69, 9.17) is 10.7 Å². The van der Waals surface area contributed by atoms with E-state index in [9.17, 15) is 0 Å². The highest BCUT2D eigenvalue weighted by atomic mass is 15.2. The van der Waals surface area contributed by atoms with E-state index in [0.717, 1.165) is 18.1 Å². The summed E-state index contributed by atoms with van der Waals surface area (Å²) in [5.41, 5.74) is 8.55. The van der Waals surface area contributed by atoms with Crippen molar-refractivity contribution in [3.63, 3.8) is 0 Å². The topological polar surface area (TPSA) is 55.0 Å². The van der Waals surface area contributed by atoms with Crippen LogP contribution < -0.4 is 10.6 Å². The van der Waals surface area contributed by atoms with Crippen molar-refractivity contribution in [2.75, 3.05) is 10.6 Å². The number of nitrogens with two attached hydrogens (primary N) is 1. The molecule has 0 saturated carbocycles. The third kappa shape index (κ3) is 2.11. The molecule has 0 bridgehead atoms. The first-order valence-corrected chi connectivity index (χ1v) is 7.08. The van der Waals surface area contributed by atoms with Gasteiger partial charge in [0.15, 0.2) is 0 Å². The Balaban J connectivity index is 2.09. The van der Waals surface area contributed by atoms with E-state index < -0.39 is 0 Å². The van der Waals surface area contributed by atoms with Gasteiger partial charge in [0.05, 0.1) is 0 Å². The molecular formula is C16H20N4. The average Bonchev–Trinajstić information content (AvgIpc) is 2.73. The van der Waals surface area contributed by atoms with Gasteiger partial charge >= 0.3 is 0 Å². The van der Waals surface area contributed by atoms with Gasteiger partial charge in [-0.1, -0.05) is 32.0 Å². The Morgan fingerprint density at radius 1 is 1.25 bits per heavy atom. The fourth-order valence-electron chi connectivity index (χ4n) is 2.77. The maximum Gasteiger partial charge on any atom is 0.139 e. The normalized spacial score (nSPS) is 17.6. The van der Waals surface area contributed by atoms with Crippen LogP contribution in [0.4, 0.5) is 17.3 Å². The molecule has 2 N–H and O–H groups in total. The minimum Gasteiger partial charge on any atom is -0.384 e. The fourth-order valence-corrected chi connectivity index (χ4v) is 2.77. The summed E-state index contributed by atoms with van der Waals surface area (Å²) in [4.78, 5) is 11.3. The molecule has 1 aromatic heterocycles. The van der Waals surface area contributed by atoms with Crippen LogP contribution >= 0.6 is 0 Å². The standard InChI is InChI=1S/C16H20N4/c1-10(2)16-18-14(17)9-15(19-16)20-11(3)8-12-6-4-5-7-13(12)20/h4-7,9-11H,8H2,1-3H3,(H2,17,18,19). The predicted molar refractivity (Wildman–Crippen MR) is 82.3 cm³/mol. The number of nitrogens with zero attached hydrogens (tertiary/aromatic N) is 3. The van der Waals surface area contributed by atoms with Gasteiger partial charge in [-0.3, -0.25) is 0 Å². The summed E-state index contributed by atoms with van der Waals surface area (Å²) in [5, 5.41) is 0. The van der Waals surface area contributed by atoms with Crippen molar-refractivity contribution in [3.8, 4) is 0 Å². The number of hydrogen-bond donors (Lipinski definition) is 1. The Labute approximate surface area is 119 Å². The van der Waals surface area contributed by atoms with Crippen molar-refractivity contribution >= 4 is 17.3 Å². The molecule has 2 heterocycles. The van der Waals surface area contributed by atoms with Crippen LogP contribution in [0.3, 0.4) is 0 Å². The predicted octanol–water partition coefficient (Wildman–Crippen LogP) is 3.26. The Bertz CT molecular complexity index is 636. The zero-order chi connectivity index (χ0) is 14.3. The molecule has 104 valence electrons. The lowest BCUT2D eigenvalue weighted by Crippen LogP contribution is -2.25. The molecule has 4 heteroatoms. The van der Waals surface area contributed by atoms with Crippen LogP contribution in [0.25, 0.3) is 0 Å². The summed E-state index contributed by atoms with van der Waals surface area (Å²) in [6.45, 7) is 6.38. The lowest BCUT2D eigenvalue weighted by atomic mass is 10.1. The SMILES string of the molecule is CC(C)c1nc(N)cc(N2c3ccccc3CC2C)n1. The average molecular weight is 268 g/mol. The van der Waals surface area contributed by atoms with Gasteiger partial charge < -0.3 is 10.6 Å². The van der Waals surface area contributed by atoms with Crippen LogP contribution in [0.2, 0.25) is 0 Å². The minimum atomic E-state index is 0.269. The summed E-state index contributed by atoms with van der Waals surface area (Å²) in [7, 11) is 0.